The van der Waals surface area contributed by atoms with E-state index in [4.69, 9.17) is 9.39 Å². The van der Waals surface area contributed by atoms with Crippen LogP contribution >= 0.6 is 22.6 Å². The molecule has 3 aromatic carbocycles. The molecule has 2 fully saturated rings. The first kappa shape index (κ1) is 34.9. The van der Waals surface area contributed by atoms with E-state index in [-0.39, 0.29) is 36.9 Å². The minimum atomic E-state index is -1.15. The standard InChI is InChI=1S/C39H37BIN3O7/c1-50-34-19-23(18-31(41)37(34)46)17-24(32-9-5-6-16-42-32)10-15-33-35-25(22-45)20-29-36(30(35)21-40(49)51-33)39(48)44(38(29)47)28-13-11-27(12-14-28)43-26-7-3-2-4-8-26/h2-9,11-14,16-19,29-30,33,36,43,45-46,49H,10,15,20-22H2,1H3/b24-17-/t29-,30+,33-,36-/m1/s1. The van der Waals surface area contributed by atoms with Gasteiger partial charge < -0.3 is 29.9 Å². The second kappa shape index (κ2) is 15.0. The maximum Gasteiger partial charge on any atom is 0.455 e. The molecule has 2 aliphatic heterocycles. The lowest BCUT2D eigenvalue weighted by Gasteiger charge is -2.42. The molecule has 10 nitrogen and oxygen atoms in total. The van der Waals surface area contributed by atoms with Crippen molar-refractivity contribution in [3.63, 3.8) is 0 Å². The number of benzene rings is 3. The number of nitrogens with one attached hydrogen (secondary N) is 1. The first-order valence-electron chi connectivity index (χ1n) is 16.9. The number of hydrogen-bond acceptors (Lipinski definition) is 9. The first-order valence-corrected chi connectivity index (χ1v) is 18.0. The predicted octanol–water partition coefficient (Wildman–Crippen LogP) is 6.46. The van der Waals surface area contributed by atoms with Crippen molar-refractivity contribution in [3.8, 4) is 11.5 Å². The number of rotatable bonds is 10. The number of allylic oxidation sites excluding steroid dienone is 1. The molecule has 0 saturated carbocycles. The molecule has 0 bridgehead atoms. The van der Waals surface area contributed by atoms with Gasteiger partial charge >= 0.3 is 7.12 Å². The molecule has 51 heavy (non-hydrogen) atoms. The number of fused-ring (bicyclic) bond motifs is 3. The number of amides is 2. The SMILES string of the molecule is COc1cc(/C=C(/CC[C@H]2OB(O)C[C@H]3C2=C(CO)C[C@H]2C(=O)N(c4ccc(Nc5ccccc5)cc4)C(=O)[C@H]23)c2ccccn2)cc(I)c1O. The number of aromatic nitrogens is 1. The van der Waals surface area contributed by atoms with Crippen molar-refractivity contribution in [2.45, 2.75) is 31.7 Å². The summed E-state index contributed by atoms with van der Waals surface area (Å²) in [6.07, 6.45) is 4.42. The monoisotopic (exact) mass is 797 g/mol. The number of para-hydroxylation sites is 1. The molecular formula is C39H37BIN3O7. The Balaban J connectivity index is 1.15. The number of ether oxygens (including phenoxy) is 1. The number of aliphatic hydroxyl groups is 1. The average molecular weight is 797 g/mol. The normalized spacial score (nSPS) is 21.8. The summed E-state index contributed by atoms with van der Waals surface area (Å²) in [6, 6.07) is 26.2. The Morgan fingerprint density at radius 2 is 1.78 bits per heavy atom. The van der Waals surface area contributed by atoms with Crippen molar-refractivity contribution in [3.05, 3.63) is 117 Å². The van der Waals surface area contributed by atoms with Crippen LogP contribution in [0.5, 0.6) is 11.5 Å². The Bertz CT molecular complexity index is 1990. The second-order valence-electron chi connectivity index (χ2n) is 13.0. The van der Waals surface area contributed by atoms with Crippen LogP contribution in [-0.2, 0) is 14.2 Å². The number of carbonyl (C=O) groups is 2. The zero-order valence-corrected chi connectivity index (χ0v) is 30.1. The van der Waals surface area contributed by atoms with Gasteiger partial charge in [0.25, 0.3) is 0 Å². The number of carbonyl (C=O) groups excluding carboxylic acids is 2. The van der Waals surface area contributed by atoms with Crippen LogP contribution in [0.25, 0.3) is 11.6 Å². The Hall–Kier alpha value is -4.50. The zero-order valence-electron chi connectivity index (χ0n) is 27.9. The van der Waals surface area contributed by atoms with Crippen LogP contribution in [-0.4, -0.2) is 59.0 Å². The number of hydrogen-bond donors (Lipinski definition) is 4. The molecular weight excluding hydrogens is 760 g/mol. The highest BCUT2D eigenvalue weighted by atomic mass is 127. The Morgan fingerprint density at radius 1 is 1.04 bits per heavy atom. The minimum Gasteiger partial charge on any atom is -0.504 e. The second-order valence-corrected chi connectivity index (χ2v) is 14.2. The van der Waals surface area contributed by atoms with Gasteiger partial charge in [0, 0.05) is 17.6 Å². The van der Waals surface area contributed by atoms with E-state index in [0.717, 1.165) is 33.8 Å². The molecule has 1 aliphatic carbocycles. The molecule has 12 heteroatoms. The van der Waals surface area contributed by atoms with E-state index in [1.165, 1.54) is 12.0 Å². The van der Waals surface area contributed by atoms with Crippen LogP contribution in [0.3, 0.4) is 0 Å². The van der Waals surface area contributed by atoms with Gasteiger partial charge in [-0.3, -0.25) is 19.5 Å². The van der Waals surface area contributed by atoms with E-state index in [2.05, 4.69) is 32.9 Å². The van der Waals surface area contributed by atoms with Gasteiger partial charge in [0.15, 0.2) is 11.5 Å². The van der Waals surface area contributed by atoms with E-state index in [1.54, 1.807) is 24.4 Å². The number of phenols is 1. The molecule has 0 unspecified atom stereocenters. The molecule has 1 aromatic heterocycles. The summed E-state index contributed by atoms with van der Waals surface area (Å²) >= 11 is 2.06. The summed E-state index contributed by atoms with van der Waals surface area (Å²) in [5.74, 6) is -1.96. The number of anilines is 3. The summed E-state index contributed by atoms with van der Waals surface area (Å²) in [6.45, 7) is -0.277. The van der Waals surface area contributed by atoms with Crippen LogP contribution < -0.4 is 15.0 Å². The highest BCUT2D eigenvalue weighted by molar-refractivity contribution is 14.1. The van der Waals surface area contributed by atoms with E-state index in [9.17, 15) is 24.8 Å². The minimum absolute atomic E-state index is 0.0694. The topological polar surface area (TPSA) is 141 Å². The summed E-state index contributed by atoms with van der Waals surface area (Å²) in [5.41, 5.74) is 6.17. The van der Waals surface area contributed by atoms with E-state index >= 15 is 0 Å². The van der Waals surface area contributed by atoms with Crippen molar-refractivity contribution in [1.82, 2.24) is 4.98 Å². The van der Waals surface area contributed by atoms with Crippen molar-refractivity contribution < 1.29 is 34.2 Å². The number of nitrogens with zero attached hydrogens (tertiary/aromatic N) is 2. The molecule has 2 amide bonds. The third kappa shape index (κ3) is 7.05. The molecule has 2 saturated heterocycles. The molecule has 7 rings (SSSR count). The Kier molecular flexibility index (Phi) is 10.3. The van der Waals surface area contributed by atoms with E-state index in [1.807, 2.05) is 72.8 Å². The molecule has 4 atom stereocenters. The Labute approximate surface area is 310 Å². The Morgan fingerprint density at radius 3 is 2.49 bits per heavy atom. The van der Waals surface area contributed by atoms with Gasteiger partial charge in [-0.1, -0.05) is 24.3 Å². The van der Waals surface area contributed by atoms with Gasteiger partial charge in [0.05, 0.1) is 46.6 Å². The fourth-order valence-corrected chi connectivity index (χ4v) is 8.32. The number of phenolic OH excluding ortho intramolecular Hbond substituents is 1. The van der Waals surface area contributed by atoms with Gasteiger partial charge in [-0.15, -0.1) is 0 Å². The first-order chi connectivity index (χ1) is 24.7. The number of pyridine rings is 1. The molecule has 260 valence electrons. The number of methoxy groups -OCH3 is 1. The van der Waals surface area contributed by atoms with Crippen molar-refractivity contribution in [2.75, 3.05) is 23.9 Å². The fraction of sp³-hybridized carbons (Fsp3) is 0.256. The van der Waals surface area contributed by atoms with Crippen molar-refractivity contribution in [2.24, 2.45) is 17.8 Å². The van der Waals surface area contributed by atoms with Crippen LogP contribution in [0.4, 0.5) is 17.1 Å². The number of aromatic hydroxyl groups is 1. The van der Waals surface area contributed by atoms with Gasteiger partial charge in [0.1, 0.15) is 0 Å². The third-order valence-electron chi connectivity index (χ3n) is 9.97. The largest absolute Gasteiger partial charge is 0.504 e. The quantitative estimate of drug-likeness (QED) is 0.0616. The summed E-state index contributed by atoms with van der Waals surface area (Å²) in [7, 11) is 0.358. The number of halogens is 1. The van der Waals surface area contributed by atoms with E-state index in [0.29, 0.717) is 33.4 Å². The molecule has 3 aliphatic rings. The molecule has 0 spiro atoms. The highest BCUT2D eigenvalue weighted by Gasteiger charge is 2.57. The molecule has 3 heterocycles. The van der Waals surface area contributed by atoms with Crippen molar-refractivity contribution in [1.29, 1.82) is 0 Å². The summed E-state index contributed by atoms with van der Waals surface area (Å²) in [4.78, 5) is 34.0. The van der Waals surface area contributed by atoms with Crippen LogP contribution in [0.2, 0.25) is 6.32 Å². The van der Waals surface area contributed by atoms with Gasteiger partial charge in [0.2, 0.25) is 11.8 Å². The number of aliphatic hydroxyl groups excluding tert-OH is 1. The molecule has 4 N–H and O–H groups in total. The van der Waals surface area contributed by atoms with Gasteiger partial charge in [-0.25, -0.2) is 0 Å². The van der Waals surface area contributed by atoms with E-state index < -0.39 is 31.0 Å². The zero-order chi connectivity index (χ0) is 35.6. The maximum atomic E-state index is 14.2. The lowest BCUT2D eigenvalue weighted by atomic mass is 9.58. The van der Waals surface area contributed by atoms with Crippen LogP contribution in [0, 0.1) is 21.3 Å². The van der Waals surface area contributed by atoms with Crippen LogP contribution in [0.1, 0.15) is 30.5 Å². The summed E-state index contributed by atoms with van der Waals surface area (Å²) in [5, 5.41) is 35.4. The maximum absolute atomic E-state index is 14.2. The average Bonchev–Trinajstić information content (AvgIpc) is 3.40. The predicted molar refractivity (Wildman–Crippen MR) is 204 cm³/mol. The number of imide groups is 1. The smallest absolute Gasteiger partial charge is 0.455 e. The summed E-state index contributed by atoms with van der Waals surface area (Å²) < 4.78 is 12.2. The van der Waals surface area contributed by atoms with Crippen LogP contribution in [0.15, 0.2) is 102 Å². The van der Waals surface area contributed by atoms with Gasteiger partial charge in [-0.05, 0) is 143 Å². The highest BCUT2D eigenvalue weighted by Crippen LogP contribution is 2.51. The lowest BCUT2D eigenvalue weighted by Crippen LogP contribution is -2.46. The molecule has 4 aromatic rings. The fourth-order valence-electron chi connectivity index (χ4n) is 7.69. The molecule has 0 radical (unpaired) electrons. The third-order valence-corrected chi connectivity index (χ3v) is 10.8. The lowest BCUT2D eigenvalue weighted by molar-refractivity contribution is -0.122. The van der Waals surface area contributed by atoms with Crippen molar-refractivity contribution >= 4 is 70.2 Å². The van der Waals surface area contributed by atoms with Gasteiger partial charge in [-0.2, -0.15) is 0 Å².